The first-order valence-electron chi connectivity index (χ1n) is 7.44. The van der Waals surface area contributed by atoms with E-state index in [1.807, 2.05) is 24.3 Å². The maximum absolute atomic E-state index is 12.2. The average Bonchev–Trinajstić information content (AvgIpc) is 2.60. The number of aromatic amines is 1. The van der Waals surface area contributed by atoms with Gasteiger partial charge in [0.1, 0.15) is 22.8 Å². The molecule has 0 aliphatic rings. The summed E-state index contributed by atoms with van der Waals surface area (Å²) in [5.41, 5.74) is 6.58. The molecule has 3 aromatic rings. The molecule has 5 N–H and O–H groups in total. The van der Waals surface area contributed by atoms with Crippen molar-refractivity contribution >= 4 is 28.2 Å². The van der Waals surface area contributed by atoms with Gasteiger partial charge < -0.3 is 26.1 Å². The molecule has 24 heavy (non-hydrogen) atoms. The number of anilines is 3. The predicted octanol–water partition coefficient (Wildman–Crippen LogP) is 1.44. The minimum absolute atomic E-state index is 0.256. The van der Waals surface area contributed by atoms with Crippen molar-refractivity contribution < 1.29 is 4.74 Å². The molecule has 0 aliphatic carbocycles. The van der Waals surface area contributed by atoms with Gasteiger partial charge >= 0.3 is 0 Å². The van der Waals surface area contributed by atoms with Gasteiger partial charge in [-0.25, -0.2) is 9.97 Å². The number of methoxy groups -OCH3 is 1. The van der Waals surface area contributed by atoms with Gasteiger partial charge in [0.2, 0.25) is 0 Å². The monoisotopic (exact) mass is 326 g/mol. The Balaban J connectivity index is 2.04. The SMILES string of the molecule is COc1ccc(Nc2nc(NCCN)cc3nc[nH]c(=O)c23)cc1. The molecular formula is C16H18N6O2. The fraction of sp³-hybridized carbons (Fsp3) is 0.188. The molecule has 0 spiro atoms. The van der Waals surface area contributed by atoms with Crippen LogP contribution >= 0.6 is 0 Å². The number of hydrogen-bond acceptors (Lipinski definition) is 7. The van der Waals surface area contributed by atoms with Crippen molar-refractivity contribution in [3.05, 3.63) is 47.0 Å². The molecule has 124 valence electrons. The summed E-state index contributed by atoms with van der Waals surface area (Å²) in [6.45, 7) is 1.05. The number of nitrogens with two attached hydrogens (primary N) is 1. The molecule has 2 aromatic heterocycles. The number of H-pyrrole nitrogens is 1. The van der Waals surface area contributed by atoms with Crippen molar-refractivity contribution in [3.63, 3.8) is 0 Å². The number of nitrogens with one attached hydrogen (secondary N) is 3. The van der Waals surface area contributed by atoms with E-state index in [9.17, 15) is 4.79 Å². The summed E-state index contributed by atoms with van der Waals surface area (Å²) in [6.07, 6.45) is 1.37. The molecule has 0 amide bonds. The highest BCUT2D eigenvalue weighted by Crippen LogP contribution is 2.24. The van der Waals surface area contributed by atoms with Gasteiger partial charge in [-0.05, 0) is 24.3 Å². The number of pyridine rings is 1. The van der Waals surface area contributed by atoms with Crippen LogP contribution in [0.1, 0.15) is 0 Å². The van der Waals surface area contributed by atoms with Crippen LogP contribution in [-0.4, -0.2) is 35.2 Å². The van der Waals surface area contributed by atoms with Gasteiger partial charge in [-0.2, -0.15) is 0 Å². The van der Waals surface area contributed by atoms with E-state index in [-0.39, 0.29) is 5.56 Å². The molecule has 2 heterocycles. The van der Waals surface area contributed by atoms with Crippen LogP contribution in [0.3, 0.4) is 0 Å². The number of rotatable bonds is 6. The molecular weight excluding hydrogens is 308 g/mol. The van der Waals surface area contributed by atoms with Gasteiger partial charge in [0.25, 0.3) is 5.56 Å². The molecule has 8 nitrogen and oxygen atoms in total. The largest absolute Gasteiger partial charge is 0.497 e. The number of nitrogens with zero attached hydrogens (tertiary/aromatic N) is 2. The van der Waals surface area contributed by atoms with E-state index in [0.717, 1.165) is 11.4 Å². The maximum Gasteiger partial charge on any atom is 0.262 e. The third kappa shape index (κ3) is 3.28. The fourth-order valence-electron chi connectivity index (χ4n) is 2.28. The first kappa shape index (κ1) is 15.8. The maximum atomic E-state index is 12.2. The lowest BCUT2D eigenvalue weighted by atomic mass is 10.2. The molecule has 0 fully saturated rings. The van der Waals surface area contributed by atoms with E-state index in [2.05, 4.69) is 25.6 Å². The molecule has 0 aliphatic heterocycles. The zero-order valence-electron chi connectivity index (χ0n) is 13.2. The summed E-state index contributed by atoms with van der Waals surface area (Å²) in [5.74, 6) is 1.77. The Morgan fingerprint density at radius 3 is 2.79 bits per heavy atom. The van der Waals surface area contributed by atoms with Crippen molar-refractivity contribution in [1.82, 2.24) is 15.0 Å². The number of benzene rings is 1. The predicted molar refractivity (Wildman–Crippen MR) is 94.0 cm³/mol. The molecule has 1 aromatic carbocycles. The van der Waals surface area contributed by atoms with Crippen LogP contribution < -0.4 is 26.7 Å². The summed E-state index contributed by atoms with van der Waals surface area (Å²) in [7, 11) is 1.61. The van der Waals surface area contributed by atoms with Crippen LogP contribution in [0.15, 0.2) is 41.5 Å². The Labute approximate surface area is 138 Å². The van der Waals surface area contributed by atoms with Crippen molar-refractivity contribution in [3.8, 4) is 5.75 Å². The van der Waals surface area contributed by atoms with E-state index in [1.54, 1.807) is 13.2 Å². The van der Waals surface area contributed by atoms with Crippen LogP contribution in [0.25, 0.3) is 10.9 Å². The second-order valence-corrected chi connectivity index (χ2v) is 5.05. The highest BCUT2D eigenvalue weighted by Gasteiger charge is 2.11. The molecule has 0 saturated heterocycles. The first-order valence-corrected chi connectivity index (χ1v) is 7.44. The van der Waals surface area contributed by atoms with Crippen molar-refractivity contribution in [2.24, 2.45) is 5.73 Å². The zero-order valence-corrected chi connectivity index (χ0v) is 13.2. The van der Waals surface area contributed by atoms with Gasteiger partial charge in [0.05, 0.1) is 19.0 Å². The molecule has 3 rings (SSSR count). The summed E-state index contributed by atoms with van der Waals surface area (Å²) >= 11 is 0. The molecule has 0 unspecified atom stereocenters. The van der Waals surface area contributed by atoms with Gasteiger partial charge in [0.15, 0.2) is 0 Å². The standard InChI is InChI=1S/C16H18N6O2/c1-24-11-4-2-10(3-5-11)21-15-14-12(19-9-20-16(14)23)8-13(22-15)18-7-6-17/h2-5,8-9H,6-7,17H2,1H3,(H2,18,21,22)(H,19,20,23). The minimum atomic E-state index is -0.256. The normalized spacial score (nSPS) is 10.6. The summed E-state index contributed by atoms with van der Waals surface area (Å²) in [5, 5.41) is 6.65. The van der Waals surface area contributed by atoms with Crippen molar-refractivity contribution in [2.75, 3.05) is 30.8 Å². The average molecular weight is 326 g/mol. The van der Waals surface area contributed by atoms with E-state index < -0.39 is 0 Å². The van der Waals surface area contributed by atoms with Gasteiger partial charge in [-0.3, -0.25) is 4.79 Å². The van der Waals surface area contributed by atoms with Crippen LogP contribution in [-0.2, 0) is 0 Å². The number of fused-ring (bicyclic) bond motifs is 1. The Morgan fingerprint density at radius 1 is 1.29 bits per heavy atom. The highest BCUT2D eigenvalue weighted by atomic mass is 16.5. The highest BCUT2D eigenvalue weighted by molar-refractivity contribution is 5.91. The molecule has 0 radical (unpaired) electrons. The van der Waals surface area contributed by atoms with Gasteiger partial charge in [-0.1, -0.05) is 0 Å². The van der Waals surface area contributed by atoms with E-state index >= 15 is 0 Å². The number of ether oxygens (including phenoxy) is 1. The van der Waals surface area contributed by atoms with Gasteiger partial charge in [-0.15, -0.1) is 0 Å². The fourth-order valence-corrected chi connectivity index (χ4v) is 2.28. The Morgan fingerprint density at radius 2 is 2.08 bits per heavy atom. The topological polar surface area (TPSA) is 118 Å². The third-order valence-electron chi connectivity index (χ3n) is 3.43. The smallest absolute Gasteiger partial charge is 0.262 e. The zero-order chi connectivity index (χ0) is 16.9. The second kappa shape index (κ2) is 6.97. The number of aromatic nitrogens is 3. The Bertz CT molecular complexity index is 891. The van der Waals surface area contributed by atoms with Crippen LogP contribution in [0.2, 0.25) is 0 Å². The lowest BCUT2D eigenvalue weighted by molar-refractivity contribution is 0.415. The third-order valence-corrected chi connectivity index (χ3v) is 3.43. The van der Waals surface area contributed by atoms with Crippen molar-refractivity contribution in [1.29, 1.82) is 0 Å². The van der Waals surface area contributed by atoms with E-state index in [4.69, 9.17) is 10.5 Å². The molecule has 0 saturated carbocycles. The van der Waals surface area contributed by atoms with E-state index in [1.165, 1.54) is 6.33 Å². The Kier molecular flexibility index (Phi) is 4.57. The van der Waals surface area contributed by atoms with Gasteiger partial charge in [0, 0.05) is 24.8 Å². The Hall–Kier alpha value is -3.13. The lowest BCUT2D eigenvalue weighted by Crippen LogP contribution is -2.15. The minimum Gasteiger partial charge on any atom is -0.497 e. The molecule has 0 bridgehead atoms. The van der Waals surface area contributed by atoms with Crippen LogP contribution in [0, 0.1) is 0 Å². The summed E-state index contributed by atoms with van der Waals surface area (Å²) in [4.78, 5) is 23.4. The first-order chi connectivity index (χ1) is 11.7. The van der Waals surface area contributed by atoms with Crippen LogP contribution in [0.5, 0.6) is 5.75 Å². The van der Waals surface area contributed by atoms with E-state index in [0.29, 0.717) is 35.6 Å². The number of hydrogen-bond donors (Lipinski definition) is 4. The lowest BCUT2D eigenvalue weighted by Gasteiger charge is -2.11. The summed E-state index contributed by atoms with van der Waals surface area (Å²) in [6, 6.07) is 9.06. The van der Waals surface area contributed by atoms with Crippen LogP contribution in [0.4, 0.5) is 17.3 Å². The second-order valence-electron chi connectivity index (χ2n) is 5.05. The quantitative estimate of drug-likeness (QED) is 0.541. The molecule has 8 heteroatoms. The molecule has 0 atom stereocenters. The van der Waals surface area contributed by atoms with Crippen molar-refractivity contribution in [2.45, 2.75) is 0 Å². The summed E-state index contributed by atoms with van der Waals surface area (Å²) < 4.78 is 5.14.